The van der Waals surface area contributed by atoms with Gasteiger partial charge in [0.2, 0.25) is 5.91 Å². The number of benzene rings is 2. The van der Waals surface area contributed by atoms with E-state index in [1.54, 1.807) is 13.0 Å². The number of carbonyl (C=O) groups excluding carboxylic acids is 1. The molecule has 0 aliphatic carbocycles. The van der Waals surface area contributed by atoms with Crippen molar-refractivity contribution >= 4 is 27.5 Å². The number of hydrogen-bond acceptors (Lipinski definition) is 2. The largest absolute Gasteiger partial charge is 0.381 e. The van der Waals surface area contributed by atoms with Crippen LogP contribution in [0.1, 0.15) is 27.0 Å². The lowest BCUT2D eigenvalue weighted by Gasteiger charge is -2.12. The molecule has 0 fully saturated rings. The summed E-state index contributed by atoms with van der Waals surface area (Å²) in [5, 5.41) is 3.15. The van der Waals surface area contributed by atoms with Gasteiger partial charge in [0.05, 0.1) is 0 Å². The number of nitrogens with two attached hydrogens (primary N) is 1. The summed E-state index contributed by atoms with van der Waals surface area (Å²) in [4.78, 5) is 11.2. The molecule has 3 nitrogen and oxygen atoms in total. The van der Waals surface area contributed by atoms with Crippen molar-refractivity contribution in [3.63, 3.8) is 0 Å². The Morgan fingerprint density at radius 1 is 1.29 bits per heavy atom. The molecule has 0 unspecified atom stereocenters. The van der Waals surface area contributed by atoms with Crippen LogP contribution in [0, 0.1) is 19.7 Å². The number of nitrogens with one attached hydrogen (secondary N) is 1. The number of hydrogen-bond donors (Lipinski definition) is 2. The summed E-state index contributed by atoms with van der Waals surface area (Å²) in [5.74, 6) is -1.09. The van der Waals surface area contributed by atoms with Crippen LogP contribution in [-0.4, -0.2) is 5.91 Å². The molecule has 0 atom stereocenters. The van der Waals surface area contributed by atoms with E-state index in [1.807, 2.05) is 25.1 Å². The quantitative estimate of drug-likeness (QED) is 0.877. The molecule has 0 bridgehead atoms. The van der Waals surface area contributed by atoms with E-state index >= 15 is 0 Å². The molecule has 0 saturated heterocycles. The maximum absolute atomic E-state index is 13.8. The minimum atomic E-state index is -0.642. The van der Waals surface area contributed by atoms with Gasteiger partial charge >= 0.3 is 0 Å². The summed E-state index contributed by atoms with van der Waals surface area (Å²) in [6.07, 6.45) is 0. The molecule has 0 heterocycles. The van der Waals surface area contributed by atoms with Crippen LogP contribution < -0.4 is 11.1 Å². The maximum Gasteiger partial charge on any atom is 0.248 e. The van der Waals surface area contributed by atoms with Gasteiger partial charge in [0, 0.05) is 27.8 Å². The first kappa shape index (κ1) is 15.5. The van der Waals surface area contributed by atoms with Crippen molar-refractivity contribution in [2.75, 3.05) is 5.32 Å². The van der Waals surface area contributed by atoms with Crippen LogP contribution in [0.2, 0.25) is 0 Å². The lowest BCUT2D eigenvalue weighted by atomic mass is 10.1. The fraction of sp³-hybridized carbons (Fsp3) is 0.188. The average molecular weight is 351 g/mol. The second-order valence-corrected chi connectivity index (χ2v) is 5.79. The molecule has 5 heteroatoms. The number of aryl methyl sites for hydroxylation is 1. The lowest BCUT2D eigenvalue weighted by molar-refractivity contribution is 0.1000. The Balaban J connectivity index is 2.23. The summed E-state index contributed by atoms with van der Waals surface area (Å²) in [7, 11) is 0. The lowest BCUT2D eigenvalue weighted by Crippen LogP contribution is -2.13. The molecule has 0 spiro atoms. The van der Waals surface area contributed by atoms with Crippen molar-refractivity contribution in [1.29, 1.82) is 0 Å². The van der Waals surface area contributed by atoms with Gasteiger partial charge in [-0.1, -0.05) is 28.1 Å². The van der Waals surface area contributed by atoms with Gasteiger partial charge in [-0.05, 0) is 43.2 Å². The van der Waals surface area contributed by atoms with Crippen LogP contribution in [0.5, 0.6) is 0 Å². The smallest absolute Gasteiger partial charge is 0.248 e. The topological polar surface area (TPSA) is 55.1 Å². The van der Waals surface area contributed by atoms with E-state index in [4.69, 9.17) is 5.73 Å². The summed E-state index contributed by atoms with van der Waals surface area (Å²) in [5.41, 5.74) is 8.60. The van der Waals surface area contributed by atoms with E-state index < -0.39 is 11.7 Å². The van der Waals surface area contributed by atoms with Crippen LogP contribution in [-0.2, 0) is 6.54 Å². The number of halogens is 2. The highest BCUT2D eigenvalue weighted by Gasteiger charge is 2.10. The van der Waals surface area contributed by atoms with Crippen LogP contribution in [0.25, 0.3) is 0 Å². The van der Waals surface area contributed by atoms with Crippen molar-refractivity contribution < 1.29 is 9.18 Å². The van der Waals surface area contributed by atoms with Crippen LogP contribution in [0.4, 0.5) is 10.1 Å². The van der Waals surface area contributed by atoms with Crippen LogP contribution in [0.15, 0.2) is 34.8 Å². The monoisotopic (exact) mass is 350 g/mol. The fourth-order valence-electron chi connectivity index (χ4n) is 2.02. The van der Waals surface area contributed by atoms with Crippen molar-refractivity contribution in [2.45, 2.75) is 20.4 Å². The van der Waals surface area contributed by atoms with Gasteiger partial charge in [0.15, 0.2) is 0 Å². The average Bonchev–Trinajstić information content (AvgIpc) is 2.43. The molecular formula is C16H16BrFN2O. The zero-order valence-corrected chi connectivity index (χ0v) is 13.4. The molecule has 2 rings (SSSR count). The molecule has 2 aromatic rings. The van der Waals surface area contributed by atoms with Gasteiger partial charge in [-0.2, -0.15) is 0 Å². The first-order chi connectivity index (χ1) is 9.88. The van der Waals surface area contributed by atoms with Gasteiger partial charge in [-0.25, -0.2) is 4.39 Å². The van der Waals surface area contributed by atoms with Crippen molar-refractivity contribution in [1.82, 2.24) is 0 Å². The zero-order valence-electron chi connectivity index (χ0n) is 11.8. The van der Waals surface area contributed by atoms with Gasteiger partial charge in [-0.3, -0.25) is 4.79 Å². The third-order valence-electron chi connectivity index (χ3n) is 3.33. The summed E-state index contributed by atoms with van der Waals surface area (Å²) >= 11 is 3.45. The maximum atomic E-state index is 13.8. The van der Waals surface area contributed by atoms with Gasteiger partial charge in [0.1, 0.15) is 5.82 Å². The summed E-state index contributed by atoms with van der Waals surface area (Å²) in [6.45, 7) is 4.21. The molecule has 0 aromatic heterocycles. The first-order valence-electron chi connectivity index (χ1n) is 6.47. The highest BCUT2D eigenvalue weighted by molar-refractivity contribution is 9.10. The van der Waals surface area contributed by atoms with E-state index in [0.29, 0.717) is 17.8 Å². The second kappa shape index (κ2) is 6.26. The van der Waals surface area contributed by atoms with Crippen LogP contribution >= 0.6 is 15.9 Å². The summed E-state index contributed by atoms with van der Waals surface area (Å²) < 4.78 is 14.8. The Morgan fingerprint density at radius 3 is 2.62 bits per heavy atom. The Hall–Kier alpha value is -1.88. The van der Waals surface area contributed by atoms with E-state index in [-0.39, 0.29) is 5.56 Å². The number of rotatable bonds is 4. The minimum Gasteiger partial charge on any atom is -0.381 e. The Labute approximate surface area is 131 Å². The Kier molecular flexibility index (Phi) is 4.63. The molecule has 0 aliphatic heterocycles. The molecule has 0 radical (unpaired) electrons. The molecule has 0 aliphatic rings. The molecule has 110 valence electrons. The Bertz CT molecular complexity index is 701. The fourth-order valence-corrected chi connectivity index (χ4v) is 2.27. The highest BCUT2D eigenvalue weighted by Crippen LogP contribution is 2.22. The zero-order chi connectivity index (χ0) is 15.6. The molecule has 0 saturated carbocycles. The van der Waals surface area contributed by atoms with E-state index in [2.05, 4.69) is 21.2 Å². The number of primary amides is 1. The predicted molar refractivity (Wildman–Crippen MR) is 85.9 cm³/mol. The molecule has 3 N–H and O–H groups in total. The second-order valence-electron chi connectivity index (χ2n) is 4.93. The van der Waals surface area contributed by atoms with Gasteiger partial charge in [-0.15, -0.1) is 0 Å². The van der Waals surface area contributed by atoms with Gasteiger partial charge < -0.3 is 11.1 Å². The Morgan fingerprint density at radius 2 is 2.00 bits per heavy atom. The molecule has 21 heavy (non-hydrogen) atoms. The number of carbonyl (C=O) groups is 1. The van der Waals surface area contributed by atoms with Gasteiger partial charge in [0.25, 0.3) is 0 Å². The van der Waals surface area contributed by atoms with E-state index in [9.17, 15) is 9.18 Å². The molecule has 2 aromatic carbocycles. The SMILES string of the molecule is Cc1cc(CNc2cc(C(N)=O)cc(F)c2C)ccc1Br. The highest BCUT2D eigenvalue weighted by atomic mass is 79.9. The molecular weight excluding hydrogens is 335 g/mol. The van der Waals surface area contributed by atoms with E-state index in [1.165, 1.54) is 0 Å². The molecule has 1 amide bonds. The van der Waals surface area contributed by atoms with Crippen molar-refractivity contribution in [3.05, 3.63) is 62.9 Å². The van der Waals surface area contributed by atoms with E-state index in [0.717, 1.165) is 21.7 Å². The van der Waals surface area contributed by atoms with Crippen molar-refractivity contribution in [2.24, 2.45) is 5.73 Å². The number of anilines is 1. The normalized spacial score (nSPS) is 10.5. The third kappa shape index (κ3) is 3.61. The minimum absolute atomic E-state index is 0.160. The van der Waals surface area contributed by atoms with Crippen LogP contribution in [0.3, 0.4) is 0 Å². The standard InChI is InChI=1S/C16H16BrFN2O/c1-9-5-11(3-4-13(9)17)8-20-15-7-12(16(19)21)6-14(18)10(15)2/h3-7,20H,8H2,1-2H3,(H2,19,21). The van der Waals surface area contributed by atoms with Crippen molar-refractivity contribution in [3.8, 4) is 0 Å². The third-order valence-corrected chi connectivity index (χ3v) is 4.22. The number of amides is 1. The predicted octanol–water partition coefficient (Wildman–Crippen LogP) is 3.92. The summed E-state index contributed by atoms with van der Waals surface area (Å²) in [6, 6.07) is 8.73. The first-order valence-corrected chi connectivity index (χ1v) is 7.26.